The summed E-state index contributed by atoms with van der Waals surface area (Å²) >= 11 is 0. The molecule has 0 radical (unpaired) electrons. The monoisotopic (exact) mass is 259 g/mol. The largest absolute Gasteiger partial charge is 0.393 e. The summed E-state index contributed by atoms with van der Waals surface area (Å²) in [6, 6.07) is 0. The molecule has 0 bridgehead atoms. The van der Waals surface area contributed by atoms with E-state index in [1.165, 1.54) is 6.92 Å². The third kappa shape index (κ3) is 1.86. The Labute approximate surface area is 100 Å². The van der Waals surface area contributed by atoms with Crippen molar-refractivity contribution < 1.29 is 20.1 Å². The van der Waals surface area contributed by atoms with E-state index in [0.717, 1.165) is 6.20 Å². The van der Waals surface area contributed by atoms with E-state index in [1.807, 2.05) is 4.98 Å². The van der Waals surface area contributed by atoms with E-state index in [1.54, 1.807) is 0 Å². The van der Waals surface area contributed by atoms with Gasteiger partial charge in [-0.25, -0.2) is 4.79 Å². The highest BCUT2D eigenvalue weighted by molar-refractivity contribution is 4.97. The molecule has 4 unspecified atom stereocenters. The minimum absolute atomic E-state index is 0.542. The average Bonchev–Trinajstić information content (AvgIpc) is 2.55. The fourth-order valence-corrected chi connectivity index (χ4v) is 1.80. The van der Waals surface area contributed by atoms with Crippen LogP contribution < -0.4 is 11.2 Å². The quantitative estimate of drug-likeness (QED) is 0.442. The van der Waals surface area contributed by atoms with Crippen LogP contribution in [0.2, 0.25) is 0 Å². The predicted molar refractivity (Wildman–Crippen MR) is 56.7 cm³/mol. The Hall–Kier alpha value is -1.55. The van der Waals surface area contributed by atoms with Gasteiger partial charge in [-0.15, -0.1) is 0 Å². The van der Waals surface area contributed by atoms with Crippen molar-refractivity contribution >= 4 is 0 Å². The topological polar surface area (TPSA) is 138 Å². The van der Waals surface area contributed by atoms with E-state index in [-0.39, 0.29) is 0 Å². The van der Waals surface area contributed by atoms with Gasteiger partial charge in [0.15, 0.2) is 6.23 Å². The van der Waals surface area contributed by atoms with E-state index < -0.39 is 41.9 Å². The van der Waals surface area contributed by atoms with E-state index in [9.17, 15) is 19.8 Å². The number of H-pyrrole nitrogens is 1. The number of aromatic amines is 1. The van der Waals surface area contributed by atoms with Gasteiger partial charge < -0.3 is 20.1 Å². The molecule has 1 aliphatic heterocycles. The third-order valence-electron chi connectivity index (χ3n) is 2.92. The van der Waals surface area contributed by atoms with Gasteiger partial charge in [0.2, 0.25) is 0 Å². The molecular formula is C9H13N3O6. The van der Waals surface area contributed by atoms with Gasteiger partial charge in [-0.1, -0.05) is 0 Å². The Morgan fingerprint density at radius 2 is 2.22 bits per heavy atom. The van der Waals surface area contributed by atoms with Gasteiger partial charge in [0.05, 0.1) is 6.61 Å². The van der Waals surface area contributed by atoms with Crippen LogP contribution in [-0.2, 0) is 4.74 Å². The molecule has 4 N–H and O–H groups in total. The van der Waals surface area contributed by atoms with Crippen molar-refractivity contribution in [2.45, 2.75) is 31.0 Å². The van der Waals surface area contributed by atoms with Crippen molar-refractivity contribution in [3.63, 3.8) is 0 Å². The number of rotatable bonds is 2. The number of aromatic nitrogens is 3. The van der Waals surface area contributed by atoms with Gasteiger partial charge in [-0.05, 0) is 6.92 Å². The van der Waals surface area contributed by atoms with Crippen molar-refractivity contribution in [1.82, 2.24) is 14.8 Å². The Morgan fingerprint density at radius 3 is 2.72 bits per heavy atom. The van der Waals surface area contributed by atoms with Crippen molar-refractivity contribution in [2.24, 2.45) is 0 Å². The summed E-state index contributed by atoms with van der Waals surface area (Å²) in [5.74, 6) is 0. The number of nitrogens with zero attached hydrogens (tertiary/aromatic N) is 2. The molecule has 4 atom stereocenters. The van der Waals surface area contributed by atoms with Crippen LogP contribution in [0.5, 0.6) is 0 Å². The van der Waals surface area contributed by atoms with Crippen molar-refractivity contribution in [2.75, 3.05) is 6.61 Å². The summed E-state index contributed by atoms with van der Waals surface area (Å²) in [7, 11) is 0. The Bertz CT molecular complexity index is 554. The van der Waals surface area contributed by atoms with Gasteiger partial charge in [0, 0.05) is 0 Å². The molecule has 9 nitrogen and oxygen atoms in total. The molecule has 2 heterocycles. The molecule has 0 spiro atoms. The maximum atomic E-state index is 11.5. The van der Waals surface area contributed by atoms with Gasteiger partial charge in [-0.2, -0.15) is 9.78 Å². The molecule has 0 amide bonds. The van der Waals surface area contributed by atoms with Crippen LogP contribution in [0.3, 0.4) is 0 Å². The maximum absolute atomic E-state index is 11.5. The smallest absolute Gasteiger partial charge is 0.347 e. The van der Waals surface area contributed by atoms with Crippen molar-refractivity contribution in [3.8, 4) is 0 Å². The summed E-state index contributed by atoms with van der Waals surface area (Å²) in [4.78, 5) is 24.3. The number of aliphatic hydroxyl groups is 3. The van der Waals surface area contributed by atoms with Crippen LogP contribution >= 0.6 is 0 Å². The van der Waals surface area contributed by atoms with E-state index in [0.29, 0.717) is 4.68 Å². The van der Waals surface area contributed by atoms with Crippen molar-refractivity contribution in [3.05, 3.63) is 27.0 Å². The van der Waals surface area contributed by atoms with Gasteiger partial charge in [0.1, 0.15) is 24.0 Å². The molecule has 0 aromatic carbocycles. The summed E-state index contributed by atoms with van der Waals surface area (Å²) in [6.07, 6.45) is -3.26. The summed E-state index contributed by atoms with van der Waals surface area (Å²) in [6.45, 7) is 0.845. The highest BCUT2D eigenvalue weighted by Crippen LogP contribution is 2.35. The first-order valence-electron chi connectivity index (χ1n) is 5.22. The second-order valence-electron chi connectivity index (χ2n) is 4.30. The second kappa shape index (κ2) is 4.28. The zero-order chi connectivity index (χ0) is 13.5. The number of hydrogen-bond donors (Lipinski definition) is 4. The first-order chi connectivity index (χ1) is 8.39. The number of nitrogens with one attached hydrogen (secondary N) is 1. The van der Waals surface area contributed by atoms with Crippen LogP contribution in [0.4, 0.5) is 0 Å². The van der Waals surface area contributed by atoms with E-state index in [2.05, 4.69) is 5.10 Å². The standard InChI is InChI=1S/C9H13N3O6/c1-9(3-13)6(16)5(15)7(18-9)12-8(17)11-4(14)2-10-12/h2,5-7,13,15-16H,3H2,1H3,(H,11,14,17). The average molecular weight is 259 g/mol. The van der Waals surface area contributed by atoms with Crippen LogP contribution in [0.25, 0.3) is 0 Å². The maximum Gasteiger partial charge on any atom is 0.347 e. The number of hydrogen-bond acceptors (Lipinski definition) is 7. The number of aliphatic hydroxyl groups excluding tert-OH is 3. The lowest BCUT2D eigenvalue weighted by Crippen LogP contribution is -2.43. The molecule has 2 rings (SSSR count). The molecule has 1 fully saturated rings. The van der Waals surface area contributed by atoms with E-state index in [4.69, 9.17) is 9.84 Å². The van der Waals surface area contributed by atoms with Gasteiger partial charge in [0.25, 0.3) is 5.56 Å². The zero-order valence-electron chi connectivity index (χ0n) is 9.48. The zero-order valence-corrected chi connectivity index (χ0v) is 9.48. The Morgan fingerprint density at radius 1 is 1.56 bits per heavy atom. The first kappa shape index (κ1) is 12.9. The highest BCUT2D eigenvalue weighted by atomic mass is 16.6. The normalized spacial score (nSPS) is 35.9. The van der Waals surface area contributed by atoms with Crippen LogP contribution in [0, 0.1) is 0 Å². The number of ether oxygens (including phenoxy) is 1. The van der Waals surface area contributed by atoms with Crippen LogP contribution in [-0.4, -0.2) is 54.5 Å². The molecule has 0 aliphatic carbocycles. The van der Waals surface area contributed by atoms with Crippen molar-refractivity contribution in [1.29, 1.82) is 0 Å². The molecule has 0 saturated carbocycles. The predicted octanol–water partition coefficient (Wildman–Crippen LogP) is -3.07. The fourth-order valence-electron chi connectivity index (χ4n) is 1.80. The SMILES string of the molecule is CC1(CO)OC(n2ncc(=O)[nH]c2=O)C(O)C1O. The molecule has 9 heteroatoms. The molecule has 18 heavy (non-hydrogen) atoms. The minimum atomic E-state index is -1.45. The van der Waals surface area contributed by atoms with E-state index >= 15 is 0 Å². The van der Waals surface area contributed by atoms with Gasteiger partial charge >= 0.3 is 5.69 Å². The van der Waals surface area contributed by atoms with Gasteiger partial charge in [-0.3, -0.25) is 9.78 Å². The fraction of sp³-hybridized carbons (Fsp3) is 0.667. The molecule has 1 saturated heterocycles. The van der Waals surface area contributed by atoms with Crippen LogP contribution in [0.15, 0.2) is 15.8 Å². The molecule has 1 aromatic heterocycles. The molecule has 100 valence electrons. The summed E-state index contributed by atoms with van der Waals surface area (Å²) in [5, 5.41) is 32.2. The summed E-state index contributed by atoms with van der Waals surface area (Å²) in [5.41, 5.74) is -2.96. The lowest BCUT2D eigenvalue weighted by Gasteiger charge is -2.24. The highest BCUT2D eigenvalue weighted by Gasteiger charge is 2.52. The first-order valence-corrected chi connectivity index (χ1v) is 5.22. The Balaban J connectivity index is 2.41. The minimum Gasteiger partial charge on any atom is -0.393 e. The summed E-state index contributed by atoms with van der Waals surface area (Å²) < 4.78 is 5.96. The Kier molecular flexibility index (Phi) is 3.07. The molecular weight excluding hydrogens is 246 g/mol. The molecule has 1 aromatic rings. The third-order valence-corrected chi connectivity index (χ3v) is 2.92. The lowest BCUT2D eigenvalue weighted by atomic mass is 9.99. The molecule has 1 aliphatic rings. The lowest BCUT2D eigenvalue weighted by molar-refractivity contribution is -0.121. The second-order valence-corrected chi connectivity index (χ2v) is 4.30. The van der Waals surface area contributed by atoms with Crippen LogP contribution in [0.1, 0.15) is 13.2 Å².